The van der Waals surface area contributed by atoms with Gasteiger partial charge in [0.2, 0.25) is 5.91 Å². The molecule has 1 saturated heterocycles. The maximum absolute atomic E-state index is 13.3. The van der Waals surface area contributed by atoms with Gasteiger partial charge in [-0.1, -0.05) is 36.8 Å². The average Bonchev–Trinajstić information content (AvgIpc) is 2.99. The van der Waals surface area contributed by atoms with Crippen LogP contribution in [0.2, 0.25) is 0 Å². The van der Waals surface area contributed by atoms with Gasteiger partial charge in [0, 0.05) is 19.0 Å². The van der Waals surface area contributed by atoms with Crippen molar-refractivity contribution >= 4 is 11.9 Å². The standard InChI is InChI=1S/C18H23F2N3O2/c19-16(20)15(12-7-4-8-12)22-18(25)23-9-13(14(10-23)17(21)24)11-5-2-1-3-6-11/h1-3,5-6,12-16H,4,7-10H2,(H2,21,24)(H,22,25)/t13-,14+,15-/m0/s1. The van der Waals surface area contributed by atoms with E-state index in [2.05, 4.69) is 5.32 Å². The minimum Gasteiger partial charge on any atom is -0.369 e. The van der Waals surface area contributed by atoms with Crippen molar-refractivity contribution in [1.29, 1.82) is 0 Å². The number of nitrogens with one attached hydrogen (secondary N) is 1. The lowest BCUT2D eigenvalue weighted by Crippen LogP contribution is -2.51. The Bertz CT molecular complexity index is 622. The molecule has 1 aliphatic carbocycles. The lowest BCUT2D eigenvalue weighted by Gasteiger charge is -2.34. The molecule has 5 nitrogen and oxygen atoms in total. The van der Waals surface area contributed by atoms with E-state index in [9.17, 15) is 18.4 Å². The number of likely N-dealkylation sites (tertiary alicyclic amines) is 1. The lowest BCUT2D eigenvalue weighted by molar-refractivity contribution is -0.121. The van der Waals surface area contributed by atoms with Crippen LogP contribution in [0.3, 0.4) is 0 Å². The first-order valence-electron chi connectivity index (χ1n) is 8.65. The summed E-state index contributed by atoms with van der Waals surface area (Å²) in [7, 11) is 0. The zero-order valence-corrected chi connectivity index (χ0v) is 13.9. The third-order valence-corrected chi connectivity index (χ3v) is 5.42. The van der Waals surface area contributed by atoms with Gasteiger partial charge in [0.1, 0.15) is 0 Å². The first kappa shape index (κ1) is 17.6. The summed E-state index contributed by atoms with van der Waals surface area (Å²) < 4.78 is 26.5. The highest BCUT2D eigenvalue weighted by Crippen LogP contribution is 2.34. The van der Waals surface area contributed by atoms with Crippen LogP contribution < -0.4 is 11.1 Å². The number of primary amides is 1. The van der Waals surface area contributed by atoms with Crippen LogP contribution in [0.4, 0.5) is 13.6 Å². The molecule has 1 heterocycles. The molecule has 0 radical (unpaired) electrons. The fourth-order valence-corrected chi connectivity index (χ4v) is 3.72. The van der Waals surface area contributed by atoms with E-state index in [4.69, 9.17) is 5.73 Å². The van der Waals surface area contributed by atoms with Crippen molar-refractivity contribution in [2.45, 2.75) is 37.6 Å². The first-order valence-corrected chi connectivity index (χ1v) is 8.65. The van der Waals surface area contributed by atoms with Crippen molar-refractivity contribution in [2.75, 3.05) is 13.1 Å². The largest absolute Gasteiger partial charge is 0.369 e. The van der Waals surface area contributed by atoms with Crippen molar-refractivity contribution in [2.24, 2.45) is 17.6 Å². The van der Waals surface area contributed by atoms with Crippen LogP contribution in [0.1, 0.15) is 30.7 Å². The minimum absolute atomic E-state index is 0.154. The molecule has 3 rings (SSSR count). The van der Waals surface area contributed by atoms with Gasteiger partial charge in [-0.3, -0.25) is 4.79 Å². The van der Waals surface area contributed by atoms with Gasteiger partial charge in [0.25, 0.3) is 6.43 Å². The molecule has 0 spiro atoms. The zero-order valence-electron chi connectivity index (χ0n) is 13.9. The fourth-order valence-electron chi connectivity index (χ4n) is 3.72. The molecule has 1 saturated carbocycles. The second kappa shape index (κ2) is 7.37. The topological polar surface area (TPSA) is 75.4 Å². The number of hydrogen-bond donors (Lipinski definition) is 2. The van der Waals surface area contributed by atoms with Crippen molar-refractivity contribution in [3.63, 3.8) is 0 Å². The SMILES string of the molecule is NC(=O)[C@@H]1CN(C(=O)N[C@H](C(F)F)C2CCC2)C[C@H]1c1ccccc1. The van der Waals surface area contributed by atoms with Crippen molar-refractivity contribution in [3.05, 3.63) is 35.9 Å². The normalized spacial score (nSPS) is 24.8. The summed E-state index contributed by atoms with van der Waals surface area (Å²) in [6, 6.07) is 7.70. The Morgan fingerprint density at radius 3 is 2.36 bits per heavy atom. The van der Waals surface area contributed by atoms with Gasteiger partial charge in [0.05, 0.1) is 12.0 Å². The number of nitrogens with zero attached hydrogens (tertiary/aromatic N) is 1. The van der Waals surface area contributed by atoms with Crippen molar-refractivity contribution < 1.29 is 18.4 Å². The Hall–Kier alpha value is -2.18. The van der Waals surface area contributed by atoms with E-state index in [1.807, 2.05) is 30.3 Å². The van der Waals surface area contributed by atoms with E-state index in [-0.39, 0.29) is 18.4 Å². The molecule has 25 heavy (non-hydrogen) atoms. The molecule has 2 aliphatic rings. The Kier molecular flexibility index (Phi) is 5.20. The van der Waals surface area contributed by atoms with Gasteiger partial charge in [-0.2, -0.15) is 0 Å². The summed E-state index contributed by atoms with van der Waals surface area (Å²) >= 11 is 0. The Balaban J connectivity index is 1.70. The van der Waals surface area contributed by atoms with Crippen LogP contribution in [-0.2, 0) is 4.79 Å². The number of carbonyl (C=O) groups is 2. The first-order chi connectivity index (χ1) is 12.0. The number of carbonyl (C=O) groups excluding carboxylic acids is 2. The predicted octanol–water partition coefficient (Wildman–Crippen LogP) is 2.33. The van der Waals surface area contributed by atoms with E-state index in [1.165, 1.54) is 4.90 Å². The number of benzene rings is 1. The maximum Gasteiger partial charge on any atom is 0.317 e. The summed E-state index contributed by atoms with van der Waals surface area (Å²) in [6.45, 7) is 0.450. The third-order valence-electron chi connectivity index (χ3n) is 5.42. The molecule has 0 unspecified atom stereocenters. The molecule has 3 amide bonds. The number of amides is 3. The maximum atomic E-state index is 13.3. The highest BCUT2D eigenvalue weighted by molar-refractivity contribution is 5.81. The molecular weight excluding hydrogens is 328 g/mol. The summed E-state index contributed by atoms with van der Waals surface area (Å²) in [5, 5.41) is 2.48. The van der Waals surface area contributed by atoms with Crippen LogP contribution in [-0.4, -0.2) is 42.4 Å². The average molecular weight is 351 g/mol. The minimum atomic E-state index is -2.59. The van der Waals surface area contributed by atoms with Gasteiger partial charge >= 0.3 is 6.03 Å². The Labute approximate surface area is 145 Å². The summed E-state index contributed by atoms with van der Waals surface area (Å²) in [4.78, 5) is 25.7. The van der Waals surface area contributed by atoms with Gasteiger partial charge in [-0.15, -0.1) is 0 Å². The summed E-state index contributed by atoms with van der Waals surface area (Å²) in [6.07, 6.45) is -0.237. The van der Waals surface area contributed by atoms with Gasteiger partial charge < -0.3 is 16.0 Å². The van der Waals surface area contributed by atoms with E-state index in [0.717, 1.165) is 12.0 Å². The fraction of sp³-hybridized carbons (Fsp3) is 0.556. The van der Waals surface area contributed by atoms with Crippen LogP contribution >= 0.6 is 0 Å². The molecule has 2 fully saturated rings. The molecule has 0 bridgehead atoms. The van der Waals surface area contributed by atoms with Crippen molar-refractivity contribution in [3.8, 4) is 0 Å². The smallest absolute Gasteiger partial charge is 0.317 e. The Morgan fingerprint density at radius 2 is 1.84 bits per heavy atom. The third kappa shape index (κ3) is 3.75. The molecule has 1 aromatic rings. The second-order valence-electron chi connectivity index (χ2n) is 6.93. The molecule has 1 aromatic carbocycles. The number of halogens is 2. The van der Waals surface area contributed by atoms with E-state index in [1.54, 1.807) is 0 Å². The predicted molar refractivity (Wildman–Crippen MR) is 89.1 cm³/mol. The van der Waals surface area contributed by atoms with Crippen LogP contribution in [0, 0.1) is 11.8 Å². The molecule has 3 atom stereocenters. The van der Waals surface area contributed by atoms with E-state index >= 15 is 0 Å². The lowest BCUT2D eigenvalue weighted by atomic mass is 9.80. The number of alkyl halides is 2. The monoisotopic (exact) mass is 351 g/mol. The van der Waals surface area contributed by atoms with Crippen LogP contribution in [0.25, 0.3) is 0 Å². The van der Waals surface area contributed by atoms with E-state index < -0.39 is 30.3 Å². The molecule has 7 heteroatoms. The number of nitrogens with two attached hydrogens (primary N) is 1. The van der Waals surface area contributed by atoms with Gasteiger partial charge in [-0.05, 0) is 24.3 Å². The molecular formula is C18H23F2N3O2. The van der Waals surface area contributed by atoms with Crippen LogP contribution in [0.5, 0.6) is 0 Å². The van der Waals surface area contributed by atoms with Gasteiger partial charge in [0.15, 0.2) is 0 Å². The van der Waals surface area contributed by atoms with Crippen LogP contribution in [0.15, 0.2) is 30.3 Å². The summed E-state index contributed by atoms with van der Waals surface area (Å²) in [5.41, 5.74) is 6.42. The van der Waals surface area contributed by atoms with Crippen molar-refractivity contribution in [1.82, 2.24) is 10.2 Å². The second-order valence-corrected chi connectivity index (χ2v) is 6.93. The molecule has 136 valence electrons. The number of rotatable bonds is 5. The Morgan fingerprint density at radius 1 is 1.16 bits per heavy atom. The zero-order chi connectivity index (χ0) is 18.0. The quantitative estimate of drug-likeness (QED) is 0.854. The molecule has 0 aromatic heterocycles. The summed E-state index contributed by atoms with van der Waals surface area (Å²) in [5.74, 6) is -1.36. The highest BCUT2D eigenvalue weighted by Gasteiger charge is 2.41. The molecule has 1 aliphatic heterocycles. The van der Waals surface area contributed by atoms with E-state index in [0.29, 0.717) is 19.4 Å². The van der Waals surface area contributed by atoms with Gasteiger partial charge in [-0.25, -0.2) is 13.6 Å². The highest BCUT2D eigenvalue weighted by atomic mass is 19.3. The molecule has 3 N–H and O–H groups in total. The number of urea groups is 1. The number of hydrogen-bond acceptors (Lipinski definition) is 2.